The van der Waals surface area contributed by atoms with Gasteiger partial charge < -0.3 is 14.8 Å². The molecule has 0 atom stereocenters. The highest BCUT2D eigenvalue weighted by atomic mass is 16.6. The first-order valence-electron chi connectivity index (χ1n) is 6.91. The Balaban J connectivity index is 0.00000576. The molecule has 1 aromatic rings. The van der Waals surface area contributed by atoms with Gasteiger partial charge in [-0.2, -0.15) is 0 Å². The monoisotopic (exact) mass is 340 g/mol. The van der Waals surface area contributed by atoms with Gasteiger partial charge in [-0.05, 0) is 26.8 Å². The van der Waals surface area contributed by atoms with Crippen LogP contribution in [0.25, 0.3) is 0 Å². The van der Waals surface area contributed by atoms with Crippen molar-refractivity contribution in [2.24, 2.45) is 0 Å². The Kier molecular flexibility index (Phi) is 5.99. The quantitative estimate of drug-likeness (QED) is 0.491. The van der Waals surface area contributed by atoms with Gasteiger partial charge in [0.05, 0.1) is 17.6 Å². The van der Waals surface area contributed by atoms with Crippen LogP contribution in [0.15, 0.2) is 18.2 Å². The van der Waals surface area contributed by atoms with E-state index in [4.69, 9.17) is 4.74 Å². The van der Waals surface area contributed by atoms with Crippen molar-refractivity contribution in [3.8, 4) is 0 Å². The zero-order chi connectivity index (χ0) is 18.5. The molecule has 9 nitrogen and oxygen atoms in total. The van der Waals surface area contributed by atoms with Gasteiger partial charge in [0.1, 0.15) is 12.1 Å². The number of hydrogen-bond donors (Lipinski definition) is 1. The standard InChI is InChI=1S/C15H18N2O7.H2/c1-15(2,3)24-12(18)8-16-13(19)9-5-10(14(20)23-4)7-11(6-9)17(21)22;/h5-7H,8H2,1-4H3,(H,16,19);1H. The maximum atomic E-state index is 12.1. The summed E-state index contributed by atoms with van der Waals surface area (Å²) >= 11 is 0. The number of hydrogen-bond acceptors (Lipinski definition) is 7. The first kappa shape index (κ1) is 19.1. The van der Waals surface area contributed by atoms with Crippen molar-refractivity contribution in [1.29, 1.82) is 0 Å². The number of rotatable bonds is 5. The van der Waals surface area contributed by atoms with Gasteiger partial charge in [0.15, 0.2) is 0 Å². The molecule has 0 fully saturated rings. The molecular weight excluding hydrogens is 320 g/mol. The van der Waals surface area contributed by atoms with Gasteiger partial charge in [0, 0.05) is 19.1 Å². The Bertz CT molecular complexity index is 683. The molecule has 0 bridgehead atoms. The van der Waals surface area contributed by atoms with E-state index in [0.29, 0.717) is 0 Å². The Morgan fingerprint density at radius 3 is 2.29 bits per heavy atom. The van der Waals surface area contributed by atoms with Crippen LogP contribution in [0.2, 0.25) is 0 Å². The van der Waals surface area contributed by atoms with Crippen molar-refractivity contribution in [1.82, 2.24) is 5.32 Å². The maximum Gasteiger partial charge on any atom is 0.338 e. The van der Waals surface area contributed by atoms with Crippen LogP contribution in [0.4, 0.5) is 5.69 Å². The first-order valence-corrected chi connectivity index (χ1v) is 6.91. The molecule has 24 heavy (non-hydrogen) atoms. The molecule has 1 amide bonds. The van der Waals surface area contributed by atoms with Gasteiger partial charge in [-0.3, -0.25) is 19.7 Å². The second-order valence-electron chi connectivity index (χ2n) is 5.79. The fourth-order valence-electron chi connectivity index (χ4n) is 1.72. The third kappa shape index (κ3) is 5.67. The number of nitro groups is 1. The zero-order valence-corrected chi connectivity index (χ0v) is 13.7. The molecule has 0 radical (unpaired) electrons. The van der Waals surface area contributed by atoms with Crippen LogP contribution in [0.5, 0.6) is 0 Å². The summed E-state index contributed by atoms with van der Waals surface area (Å²) in [5.74, 6) is -2.23. The molecule has 0 unspecified atom stereocenters. The molecule has 1 rings (SSSR count). The summed E-state index contributed by atoms with van der Waals surface area (Å²) in [6.45, 7) is 4.62. The minimum atomic E-state index is -0.820. The topological polar surface area (TPSA) is 125 Å². The third-order valence-electron chi connectivity index (χ3n) is 2.63. The number of benzene rings is 1. The zero-order valence-electron chi connectivity index (χ0n) is 13.7. The average molecular weight is 340 g/mol. The van der Waals surface area contributed by atoms with Gasteiger partial charge >= 0.3 is 11.9 Å². The molecule has 0 aliphatic rings. The van der Waals surface area contributed by atoms with Gasteiger partial charge in [0.25, 0.3) is 11.6 Å². The molecule has 1 N–H and O–H groups in total. The Labute approximate surface area is 139 Å². The number of carbonyl (C=O) groups is 3. The summed E-state index contributed by atoms with van der Waals surface area (Å²) in [5.41, 5.74) is -1.44. The van der Waals surface area contributed by atoms with Crippen molar-refractivity contribution in [2.45, 2.75) is 26.4 Å². The van der Waals surface area contributed by atoms with E-state index in [1.165, 1.54) is 0 Å². The fraction of sp³-hybridized carbons (Fsp3) is 0.400. The number of amides is 1. The van der Waals surface area contributed by atoms with Crippen LogP contribution >= 0.6 is 0 Å². The van der Waals surface area contributed by atoms with E-state index in [2.05, 4.69) is 10.1 Å². The highest BCUT2D eigenvalue weighted by Gasteiger charge is 2.20. The number of non-ortho nitro benzene ring substituents is 1. The van der Waals surface area contributed by atoms with Crippen LogP contribution in [0.1, 0.15) is 42.9 Å². The van der Waals surface area contributed by atoms with Gasteiger partial charge in [-0.1, -0.05) is 0 Å². The summed E-state index contributed by atoms with van der Waals surface area (Å²) in [5, 5.41) is 13.2. The Hall–Kier alpha value is -2.97. The van der Waals surface area contributed by atoms with Crippen molar-refractivity contribution in [3.63, 3.8) is 0 Å². The molecule has 0 saturated carbocycles. The summed E-state index contributed by atoms with van der Waals surface area (Å²) in [4.78, 5) is 45.3. The van der Waals surface area contributed by atoms with Gasteiger partial charge in [-0.25, -0.2) is 4.79 Å². The minimum absolute atomic E-state index is 0. The number of nitrogens with zero attached hydrogens (tertiary/aromatic N) is 1. The van der Waals surface area contributed by atoms with E-state index in [1.54, 1.807) is 20.8 Å². The third-order valence-corrected chi connectivity index (χ3v) is 2.63. The van der Waals surface area contributed by atoms with E-state index in [9.17, 15) is 24.5 Å². The molecule has 1 aromatic carbocycles. The summed E-state index contributed by atoms with van der Waals surface area (Å²) in [7, 11) is 1.11. The molecule has 132 valence electrons. The first-order chi connectivity index (χ1) is 11.0. The van der Waals surface area contributed by atoms with E-state index in [-0.39, 0.29) is 12.6 Å². The number of nitro benzene ring substituents is 1. The molecule has 0 aromatic heterocycles. The summed E-state index contributed by atoms with van der Waals surface area (Å²) in [6.07, 6.45) is 0. The normalized spacial score (nSPS) is 10.7. The van der Waals surface area contributed by atoms with E-state index in [0.717, 1.165) is 25.3 Å². The number of ether oxygens (including phenoxy) is 2. The molecule has 0 saturated heterocycles. The van der Waals surface area contributed by atoms with E-state index < -0.39 is 40.6 Å². The van der Waals surface area contributed by atoms with E-state index >= 15 is 0 Å². The van der Waals surface area contributed by atoms with Crippen LogP contribution < -0.4 is 5.32 Å². The van der Waals surface area contributed by atoms with Gasteiger partial charge in [0.2, 0.25) is 0 Å². The molecule has 0 spiro atoms. The number of esters is 2. The lowest BCUT2D eigenvalue weighted by molar-refractivity contribution is -0.384. The molecule has 0 heterocycles. The molecule has 9 heteroatoms. The highest BCUT2D eigenvalue weighted by molar-refractivity contribution is 5.99. The predicted octanol–water partition coefficient (Wildman–Crippen LogP) is 1.70. The van der Waals surface area contributed by atoms with Crippen LogP contribution in [0, 0.1) is 10.1 Å². The van der Waals surface area contributed by atoms with Crippen molar-refractivity contribution in [2.75, 3.05) is 13.7 Å². The lowest BCUT2D eigenvalue weighted by atomic mass is 10.1. The van der Waals surface area contributed by atoms with Crippen LogP contribution in [-0.2, 0) is 14.3 Å². The van der Waals surface area contributed by atoms with Crippen molar-refractivity contribution >= 4 is 23.5 Å². The largest absolute Gasteiger partial charge is 0.465 e. The summed E-state index contributed by atoms with van der Waals surface area (Å²) in [6, 6.07) is 3.14. The smallest absolute Gasteiger partial charge is 0.338 e. The second-order valence-corrected chi connectivity index (χ2v) is 5.79. The highest BCUT2D eigenvalue weighted by Crippen LogP contribution is 2.18. The number of nitrogens with one attached hydrogen (secondary N) is 1. The molecular formula is C15H20N2O7. The van der Waals surface area contributed by atoms with Crippen molar-refractivity contribution in [3.05, 3.63) is 39.4 Å². The van der Waals surface area contributed by atoms with Crippen LogP contribution in [0.3, 0.4) is 0 Å². The SMILES string of the molecule is COC(=O)c1cc(C(=O)NCC(=O)OC(C)(C)C)cc([N+](=O)[O-])c1.[HH]. The maximum absolute atomic E-state index is 12.1. The fourth-order valence-corrected chi connectivity index (χ4v) is 1.72. The second kappa shape index (κ2) is 7.53. The number of methoxy groups -OCH3 is 1. The predicted molar refractivity (Wildman–Crippen MR) is 84.7 cm³/mol. The lowest BCUT2D eigenvalue weighted by Crippen LogP contribution is -2.34. The minimum Gasteiger partial charge on any atom is -0.465 e. The average Bonchev–Trinajstić information content (AvgIpc) is 2.49. The number of carbonyl (C=O) groups excluding carboxylic acids is 3. The molecule has 0 aliphatic heterocycles. The lowest BCUT2D eigenvalue weighted by Gasteiger charge is -2.19. The summed E-state index contributed by atoms with van der Waals surface area (Å²) < 4.78 is 9.52. The van der Waals surface area contributed by atoms with Crippen molar-refractivity contribution < 1.29 is 30.2 Å². The molecule has 0 aliphatic carbocycles. The van der Waals surface area contributed by atoms with E-state index in [1.807, 2.05) is 0 Å². The Morgan fingerprint density at radius 2 is 1.79 bits per heavy atom. The van der Waals surface area contributed by atoms with Gasteiger partial charge in [-0.15, -0.1) is 0 Å². The van der Waals surface area contributed by atoms with Crippen LogP contribution in [-0.4, -0.2) is 42.0 Å². The Morgan fingerprint density at radius 1 is 1.21 bits per heavy atom.